The number of thiazole rings is 1. The zero-order chi connectivity index (χ0) is 22.4. The Morgan fingerprint density at radius 3 is 2.61 bits per heavy atom. The van der Waals surface area contributed by atoms with Gasteiger partial charge in [-0.3, -0.25) is 14.9 Å². The summed E-state index contributed by atoms with van der Waals surface area (Å²) < 4.78 is 5.88. The molecule has 1 heterocycles. The van der Waals surface area contributed by atoms with Crippen molar-refractivity contribution in [2.75, 3.05) is 13.7 Å². The molecule has 0 aliphatic heterocycles. The van der Waals surface area contributed by atoms with Gasteiger partial charge < -0.3 is 9.64 Å². The number of hydrogen-bond donors (Lipinski definition) is 0. The summed E-state index contributed by atoms with van der Waals surface area (Å²) in [4.78, 5) is 41.9. The van der Waals surface area contributed by atoms with E-state index in [0.29, 0.717) is 15.8 Å². The summed E-state index contributed by atoms with van der Waals surface area (Å²) in [5, 5.41) is 13.0. The number of amides is 1. The Bertz CT molecular complexity index is 1100. The number of hydrogen-bond acceptors (Lipinski definition) is 8. The molecule has 1 amide bonds. The third-order valence-electron chi connectivity index (χ3n) is 4.20. The lowest BCUT2D eigenvalue weighted by Crippen LogP contribution is -2.30. The highest BCUT2D eigenvalue weighted by molar-refractivity contribution is 8.01. The number of benzene rings is 2. The van der Waals surface area contributed by atoms with E-state index < -0.39 is 17.5 Å². The first kappa shape index (κ1) is 22.4. The van der Waals surface area contributed by atoms with Crippen molar-refractivity contribution in [3.05, 3.63) is 80.8 Å². The summed E-state index contributed by atoms with van der Waals surface area (Å²) in [5.41, 5.74) is 1.57. The molecular weight excluding hydrogens is 438 g/mol. The zero-order valence-electron chi connectivity index (χ0n) is 16.8. The lowest BCUT2D eigenvalue weighted by molar-refractivity contribution is -0.384. The highest BCUT2D eigenvalue weighted by atomic mass is 32.2. The molecule has 0 N–H and O–H groups in total. The SMILES string of the molecule is Cc1csc(Sc2ccc([N+](=O)[O-])cc2C(=O)OCC(=O)N(C)Cc2ccccc2)n1. The molecule has 8 nitrogen and oxygen atoms in total. The number of ether oxygens (including phenoxy) is 1. The van der Waals surface area contributed by atoms with Crippen LogP contribution in [0.3, 0.4) is 0 Å². The summed E-state index contributed by atoms with van der Waals surface area (Å²) in [6.45, 7) is 1.76. The van der Waals surface area contributed by atoms with E-state index in [1.807, 2.05) is 42.6 Å². The van der Waals surface area contributed by atoms with E-state index in [1.165, 1.54) is 40.1 Å². The van der Waals surface area contributed by atoms with Gasteiger partial charge in [-0.2, -0.15) is 0 Å². The molecule has 0 aliphatic carbocycles. The van der Waals surface area contributed by atoms with Crippen LogP contribution in [-0.2, 0) is 16.1 Å². The molecule has 0 aliphatic rings. The minimum absolute atomic E-state index is 0.0190. The fourth-order valence-electron chi connectivity index (χ4n) is 2.61. The van der Waals surface area contributed by atoms with Crippen LogP contribution in [-0.4, -0.2) is 40.3 Å². The van der Waals surface area contributed by atoms with Crippen molar-refractivity contribution in [3.8, 4) is 0 Å². The molecule has 3 aromatic rings. The van der Waals surface area contributed by atoms with Crippen molar-refractivity contribution >= 4 is 40.7 Å². The molecule has 3 rings (SSSR count). The first-order chi connectivity index (χ1) is 14.8. The van der Waals surface area contributed by atoms with Crippen LogP contribution in [0.5, 0.6) is 0 Å². The van der Waals surface area contributed by atoms with E-state index in [4.69, 9.17) is 4.74 Å². The predicted octanol–water partition coefficient (Wildman–Crippen LogP) is 4.33. The van der Waals surface area contributed by atoms with Crippen molar-refractivity contribution in [1.82, 2.24) is 9.88 Å². The number of aromatic nitrogens is 1. The molecule has 0 saturated heterocycles. The third kappa shape index (κ3) is 6.12. The Hall–Kier alpha value is -3.24. The Balaban J connectivity index is 1.70. The summed E-state index contributed by atoms with van der Waals surface area (Å²) in [6.07, 6.45) is 0. The molecule has 2 aromatic carbocycles. The van der Waals surface area contributed by atoms with Crippen molar-refractivity contribution in [2.24, 2.45) is 0 Å². The Labute approximate surface area is 187 Å². The molecule has 0 fully saturated rings. The number of rotatable bonds is 8. The highest BCUT2D eigenvalue weighted by Crippen LogP contribution is 2.34. The topological polar surface area (TPSA) is 103 Å². The van der Waals surface area contributed by atoms with Gasteiger partial charge in [-0.05, 0) is 18.6 Å². The maximum absolute atomic E-state index is 12.7. The minimum Gasteiger partial charge on any atom is -0.452 e. The number of aryl methyl sites for hydroxylation is 1. The van der Waals surface area contributed by atoms with Gasteiger partial charge in [0.25, 0.3) is 11.6 Å². The number of likely N-dealkylation sites (N-methyl/N-ethyl adjacent to an activating group) is 1. The fraction of sp³-hybridized carbons (Fsp3) is 0.190. The van der Waals surface area contributed by atoms with Crippen LogP contribution in [0.4, 0.5) is 5.69 Å². The molecule has 0 radical (unpaired) electrons. The molecule has 0 spiro atoms. The maximum atomic E-state index is 12.7. The van der Waals surface area contributed by atoms with Crippen molar-refractivity contribution in [3.63, 3.8) is 0 Å². The fourth-order valence-corrected chi connectivity index (χ4v) is 4.51. The van der Waals surface area contributed by atoms with E-state index in [0.717, 1.165) is 17.3 Å². The van der Waals surface area contributed by atoms with Crippen molar-refractivity contribution in [2.45, 2.75) is 22.7 Å². The lowest BCUT2D eigenvalue weighted by atomic mass is 10.2. The lowest BCUT2D eigenvalue weighted by Gasteiger charge is -2.17. The van der Waals surface area contributed by atoms with Crippen LogP contribution in [0.1, 0.15) is 21.6 Å². The summed E-state index contributed by atoms with van der Waals surface area (Å²) in [7, 11) is 1.61. The number of esters is 1. The van der Waals surface area contributed by atoms with Gasteiger partial charge >= 0.3 is 5.97 Å². The van der Waals surface area contributed by atoms with Gasteiger partial charge in [-0.15, -0.1) is 11.3 Å². The Kier molecular flexibility index (Phi) is 7.37. The van der Waals surface area contributed by atoms with Crippen LogP contribution in [0.25, 0.3) is 0 Å². The van der Waals surface area contributed by atoms with Gasteiger partial charge in [0.15, 0.2) is 10.9 Å². The van der Waals surface area contributed by atoms with E-state index in [-0.39, 0.29) is 17.2 Å². The van der Waals surface area contributed by atoms with Gasteiger partial charge in [-0.25, -0.2) is 9.78 Å². The number of nitro benzene ring substituents is 1. The van der Waals surface area contributed by atoms with E-state index >= 15 is 0 Å². The molecule has 31 heavy (non-hydrogen) atoms. The highest BCUT2D eigenvalue weighted by Gasteiger charge is 2.21. The second kappa shape index (κ2) is 10.2. The molecule has 0 atom stereocenters. The normalized spacial score (nSPS) is 10.5. The molecule has 0 unspecified atom stereocenters. The average molecular weight is 458 g/mol. The number of carbonyl (C=O) groups is 2. The maximum Gasteiger partial charge on any atom is 0.340 e. The summed E-state index contributed by atoms with van der Waals surface area (Å²) >= 11 is 2.62. The van der Waals surface area contributed by atoms with E-state index in [1.54, 1.807) is 7.05 Å². The molecule has 1 aromatic heterocycles. The van der Waals surface area contributed by atoms with E-state index in [9.17, 15) is 19.7 Å². The van der Waals surface area contributed by atoms with Crippen LogP contribution >= 0.6 is 23.1 Å². The summed E-state index contributed by atoms with van der Waals surface area (Å²) in [6, 6.07) is 13.4. The Morgan fingerprint density at radius 1 is 1.23 bits per heavy atom. The minimum atomic E-state index is -0.805. The summed E-state index contributed by atoms with van der Waals surface area (Å²) in [5.74, 6) is -1.19. The zero-order valence-corrected chi connectivity index (χ0v) is 18.4. The van der Waals surface area contributed by atoms with Gasteiger partial charge in [0.1, 0.15) is 0 Å². The van der Waals surface area contributed by atoms with Crippen molar-refractivity contribution < 1.29 is 19.2 Å². The van der Waals surface area contributed by atoms with Gasteiger partial charge in [0, 0.05) is 41.7 Å². The van der Waals surface area contributed by atoms with Gasteiger partial charge in [-0.1, -0.05) is 42.1 Å². The molecular formula is C21H19N3O5S2. The Morgan fingerprint density at radius 2 is 1.97 bits per heavy atom. The standard InChI is InChI=1S/C21H19N3O5S2/c1-14-13-30-21(22-14)31-18-9-8-16(24(27)28)10-17(18)20(26)29-12-19(25)23(2)11-15-6-4-3-5-7-15/h3-10,13H,11-12H2,1-2H3. The molecule has 0 saturated carbocycles. The number of nitro groups is 1. The number of carbonyl (C=O) groups excluding carboxylic acids is 2. The smallest absolute Gasteiger partial charge is 0.340 e. The van der Waals surface area contributed by atoms with Crippen LogP contribution in [0.2, 0.25) is 0 Å². The molecule has 160 valence electrons. The molecule has 0 bridgehead atoms. The quantitative estimate of drug-likeness (QED) is 0.282. The third-order valence-corrected chi connectivity index (χ3v) is 6.34. The largest absolute Gasteiger partial charge is 0.452 e. The molecule has 10 heteroatoms. The first-order valence-corrected chi connectivity index (χ1v) is 10.9. The van der Waals surface area contributed by atoms with Crippen LogP contribution in [0, 0.1) is 17.0 Å². The average Bonchev–Trinajstić information content (AvgIpc) is 3.17. The van der Waals surface area contributed by atoms with Crippen LogP contribution < -0.4 is 0 Å². The van der Waals surface area contributed by atoms with Gasteiger partial charge in [0.2, 0.25) is 0 Å². The predicted molar refractivity (Wildman–Crippen MR) is 117 cm³/mol. The van der Waals surface area contributed by atoms with E-state index in [2.05, 4.69) is 4.98 Å². The van der Waals surface area contributed by atoms with Gasteiger partial charge in [0.05, 0.1) is 10.5 Å². The number of nitrogens with zero attached hydrogens (tertiary/aromatic N) is 3. The number of non-ortho nitro benzene ring substituents is 1. The second-order valence-electron chi connectivity index (χ2n) is 6.61. The van der Waals surface area contributed by atoms with Crippen molar-refractivity contribution in [1.29, 1.82) is 0 Å². The monoisotopic (exact) mass is 457 g/mol. The second-order valence-corrected chi connectivity index (χ2v) is 8.75. The first-order valence-electron chi connectivity index (χ1n) is 9.17. The van der Waals surface area contributed by atoms with Crippen LogP contribution in [0.15, 0.2) is 63.1 Å².